The van der Waals surface area contributed by atoms with Gasteiger partial charge in [0.2, 0.25) is 0 Å². The van der Waals surface area contributed by atoms with Crippen LogP contribution in [0.4, 0.5) is 0 Å². The smallest absolute Gasteiger partial charge is 0.262 e. The Labute approximate surface area is 118 Å². The second-order valence-electron chi connectivity index (χ2n) is 4.59. The van der Waals surface area contributed by atoms with Gasteiger partial charge in [-0.15, -0.1) is 0 Å². The van der Waals surface area contributed by atoms with Crippen molar-refractivity contribution in [1.82, 2.24) is 13.9 Å². The summed E-state index contributed by atoms with van der Waals surface area (Å²) in [5, 5.41) is 11.4. The van der Waals surface area contributed by atoms with E-state index in [0.717, 1.165) is 0 Å². The van der Waals surface area contributed by atoms with Gasteiger partial charge >= 0.3 is 0 Å². The summed E-state index contributed by atoms with van der Waals surface area (Å²) < 4.78 is 28.0. The standard InChI is InChI=1S/C11H21N5O3S/c1-4-15-7-11(13-8-15)20(18,19)16(9(2)3)6-5-10(12)14-17/h7-9,17H,4-6H2,1-3H3,(H2,12,14). The number of aromatic nitrogens is 2. The molecular weight excluding hydrogens is 282 g/mol. The fourth-order valence-corrected chi connectivity index (χ4v) is 3.27. The summed E-state index contributed by atoms with van der Waals surface area (Å²) in [7, 11) is -3.68. The quantitative estimate of drug-likeness (QED) is 0.328. The van der Waals surface area contributed by atoms with E-state index in [-0.39, 0.29) is 29.9 Å². The van der Waals surface area contributed by atoms with Crippen LogP contribution in [-0.4, -0.2) is 45.9 Å². The van der Waals surface area contributed by atoms with Crippen LogP contribution >= 0.6 is 0 Å². The lowest BCUT2D eigenvalue weighted by Crippen LogP contribution is -2.39. The lowest BCUT2D eigenvalue weighted by Gasteiger charge is -2.24. The highest BCUT2D eigenvalue weighted by Gasteiger charge is 2.29. The Balaban J connectivity index is 3.00. The zero-order valence-electron chi connectivity index (χ0n) is 11.9. The summed E-state index contributed by atoms with van der Waals surface area (Å²) in [6.45, 7) is 6.21. The third-order valence-electron chi connectivity index (χ3n) is 2.84. The van der Waals surface area contributed by atoms with Crippen molar-refractivity contribution in [3.63, 3.8) is 0 Å². The minimum absolute atomic E-state index is 0.00700. The largest absolute Gasteiger partial charge is 0.409 e. The number of nitrogens with two attached hydrogens (primary N) is 1. The molecule has 20 heavy (non-hydrogen) atoms. The number of rotatable bonds is 7. The van der Waals surface area contributed by atoms with E-state index in [2.05, 4.69) is 10.1 Å². The summed E-state index contributed by atoms with van der Waals surface area (Å²) in [5.41, 5.74) is 5.39. The lowest BCUT2D eigenvalue weighted by atomic mass is 10.3. The molecule has 0 saturated carbocycles. The number of imidazole rings is 1. The van der Waals surface area contributed by atoms with Gasteiger partial charge < -0.3 is 15.5 Å². The monoisotopic (exact) mass is 303 g/mol. The van der Waals surface area contributed by atoms with E-state index in [1.54, 1.807) is 18.4 Å². The number of nitrogens with zero attached hydrogens (tertiary/aromatic N) is 4. The molecule has 0 radical (unpaired) electrons. The lowest BCUT2D eigenvalue weighted by molar-refractivity contribution is 0.313. The summed E-state index contributed by atoms with van der Waals surface area (Å²) in [6.07, 6.45) is 3.13. The Morgan fingerprint density at radius 1 is 1.60 bits per heavy atom. The number of amidine groups is 1. The van der Waals surface area contributed by atoms with Gasteiger partial charge in [0.15, 0.2) is 5.03 Å². The second kappa shape index (κ2) is 6.71. The molecule has 0 amide bonds. The Morgan fingerprint density at radius 3 is 2.70 bits per heavy atom. The molecule has 0 aromatic carbocycles. The highest BCUT2D eigenvalue weighted by Crippen LogP contribution is 2.16. The van der Waals surface area contributed by atoms with Crippen molar-refractivity contribution in [2.24, 2.45) is 10.9 Å². The molecule has 0 aliphatic carbocycles. The summed E-state index contributed by atoms with van der Waals surface area (Å²) >= 11 is 0. The highest BCUT2D eigenvalue weighted by molar-refractivity contribution is 7.89. The predicted molar refractivity (Wildman–Crippen MR) is 75.0 cm³/mol. The number of aryl methyl sites for hydroxylation is 1. The fourth-order valence-electron chi connectivity index (χ4n) is 1.70. The first-order valence-electron chi connectivity index (χ1n) is 6.33. The number of hydrogen-bond donors (Lipinski definition) is 2. The van der Waals surface area contributed by atoms with Gasteiger partial charge in [0.25, 0.3) is 10.0 Å². The van der Waals surface area contributed by atoms with Crippen LogP contribution in [0.3, 0.4) is 0 Å². The maximum absolute atomic E-state index is 12.5. The Kier molecular flexibility index (Phi) is 5.52. The first-order chi connectivity index (χ1) is 9.32. The van der Waals surface area contributed by atoms with Gasteiger partial charge in [-0.1, -0.05) is 5.16 Å². The third kappa shape index (κ3) is 3.70. The van der Waals surface area contributed by atoms with Gasteiger partial charge in [0, 0.05) is 31.7 Å². The summed E-state index contributed by atoms with van der Waals surface area (Å²) in [4.78, 5) is 3.93. The van der Waals surface area contributed by atoms with Crippen LogP contribution in [0.15, 0.2) is 22.7 Å². The Bertz CT molecular complexity index is 564. The normalized spacial score (nSPS) is 13.3. The van der Waals surface area contributed by atoms with E-state index in [9.17, 15) is 8.42 Å². The molecule has 0 spiro atoms. The van der Waals surface area contributed by atoms with E-state index >= 15 is 0 Å². The van der Waals surface area contributed by atoms with Crippen molar-refractivity contribution < 1.29 is 13.6 Å². The van der Waals surface area contributed by atoms with Crippen molar-refractivity contribution in [3.05, 3.63) is 12.5 Å². The van der Waals surface area contributed by atoms with Crippen LogP contribution in [0.25, 0.3) is 0 Å². The van der Waals surface area contributed by atoms with Gasteiger partial charge in [-0.3, -0.25) is 0 Å². The van der Waals surface area contributed by atoms with Crippen molar-refractivity contribution in [2.75, 3.05) is 6.54 Å². The van der Waals surface area contributed by atoms with Gasteiger partial charge in [0.1, 0.15) is 5.84 Å². The van der Waals surface area contributed by atoms with Crippen LogP contribution in [0.1, 0.15) is 27.2 Å². The molecule has 9 heteroatoms. The van der Waals surface area contributed by atoms with Crippen molar-refractivity contribution in [1.29, 1.82) is 0 Å². The summed E-state index contributed by atoms with van der Waals surface area (Å²) in [5.74, 6) is -0.00932. The van der Waals surface area contributed by atoms with E-state index in [4.69, 9.17) is 10.9 Å². The van der Waals surface area contributed by atoms with Crippen molar-refractivity contribution >= 4 is 15.9 Å². The molecule has 0 aliphatic heterocycles. The fraction of sp³-hybridized carbons (Fsp3) is 0.636. The van der Waals surface area contributed by atoms with Crippen molar-refractivity contribution in [2.45, 2.75) is 44.8 Å². The molecule has 1 aromatic heterocycles. The van der Waals surface area contributed by atoms with E-state index < -0.39 is 10.0 Å². The van der Waals surface area contributed by atoms with E-state index in [0.29, 0.717) is 6.54 Å². The Morgan fingerprint density at radius 2 is 2.25 bits per heavy atom. The van der Waals surface area contributed by atoms with Gasteiger partial charge in [0.05, 0.1) is 6.33 Å². The van der Waals surface area contributed by atoms with E-state index in [1.165, 1.54) is 16.8 Å². The molecule has 8 nitrogen and oxygen atoms in total. The predicted octanol–water partition coefficient (Wildman–Crippen LogP) is 0.439. The minimum atomic E-state index is -3.68. The number of sulfonamides is 1. The topological polar surface area (TPSA) is 114 Å². The average molecular weight is 303 g/mol. The van der Waals surface area contributed by atoms with Crippen LogP contribution in [0, 0.1) is 0 Å². The number of hydrogen-bond acceptors (Lipinski definition) is 5. The number of oxime groups is 1. The molecule has 1 heterocycles. The SMILES string of the molecule is CCn1cnc(S(=O)(=O)N(CCC(N)=NO)C(C)C)c1. The third-order valence-corrected chi connectivity index (χ3v) is 4.80. The maximum atomic E-state index is 12.5. The second-order valence-corrected chi connectivity index (χ2v) is 6.43. The summed E-state index contributed by atoms with van der Waals surface area (Å²) in [6, 6.07) is -0.252. The molecule has 0 fully saturated rings. The van der Waals surface area contributed by atoms with Crippen LogP contribution in [0.2, 0.25) is 0 Å². The zero-order chi connectivity index (χ0) is 15.3. The maximum Gasteiger partial charge on any atom is 0.262 e. The minimum Gasteiger partial charge on any atom is -0.409 e. The molecule has 114 valence electrons. The van der Waals surface area contributed by atoms with Gasteiger partial charge in [-0.25, -0.2) is 13.4 Å². The Hall–Kier alpha value is -1.61. The molecule has 0 aliphatic rings. The van der Waals surface area contributed by atoms with E-state index in [1.807, 2.05) is 6.92 Å². The van der Waals surface area contributed by atoms with Crippen LogP contribution < -0.4 is 5.73 Å². The average Bonchev–Trinajstić information content (AvgIpc) is 2.87. The molecular formula is C11H21N5O3S. The molecule has 0 saturated heterocycles. The molecule has 0 bridgehead atoms. The first kappa shape index (κ1) is 16.4. The van der Waals surface area contributed by atoms with Crippen molar-refractivity contribution in [3.8, 4) is 0 Å². The zero-order valence-corrected chi connectivity index (χ0v) is 12.7. The van der Waals surface area contributed by atoms with Gasteiger partial charge in [-0.2, -0.15) is 4.31 Å². The van der Waals surface area contributed by atoms with Crippen LogP contribution in [-0.2, 0) is 16.6 Å². The molecule has 1 aromatic rings. The highest BCUT2D eigenvalue weighted by atomic mass is 32.2. The van der Waals surface area contributed by atoms with Crippen LogP contribution in [0.5, 0.6) is 0 Å². The molecule has 0 atom stereocenters. The van der Waals surface area contributed by atoms with Gasteiger partial charge in [-0.05, 0) is 20.8 Å². The molecule has 1 rings (SSSR count). The molecule has 3 N–H and O–H groups in total. The molecule has 0 unspecified atom stereocenters. The first-order valence-corrected chi connectivity index (χ1v) is 7.77.